The fourth-order valence-electron chi connectivity index (χ4n) is 4.53. The summed E-state index contributed by atoms with van der Waals surface area (Å²) in [5.41, 5.74) is 0.796. The first-order valence-corrected chi connectivity index (χ1v) is 15.8. The summed E-state index contributed by atoms with van der Waals surface area (Å²) >= 11 is 2.63. The highest BCUT2D eigenvalue weighted by Crippen LogP contribution is 2.38. The molecule has 0 amide bonds. The number of rotatable bonds is 17. The molecule has 234 valence electrons. The van der Waals surface area contributed by atoms with Gasteiger partial charge in [0, 0.05) is 40.9 Å². The highest BCUT2D eigenvalue weighted by molar-refractivity contribution is 7.21. The number of carbonyl (C=O) groups is 4. The Hall–Kier alpha value is -4.16. The van der Waals surface area contributed by atoms with Crippen LogP contribution in [0.1, 0.15) is 58.9 Å². The van der Waals surface area contributed by atoms with Gasteiger partial charge in [0.2, 0.25) is 0 Å². The van der Waals surface area contributed by atoms with Crippen molar-refractivity contribution in [3.05, 3.63) is 46.2 Å². The molecule has 0 bridgehead atoms. The number of anilines is 1. The average Bonchev–Trinajstić information content (AvgIpc) is 3.61. The minimum atomic E-state index is -0.998. The van der Waals surface area contributed by atoms with E-state index in [1.165, 1.54) is 36.5 Å². The third kappa shape index (κ3) is 7.86. The number of methoxy groups -OCH3 is 2. The molecule has 10 nitrogen and oxygen atoms in total. The molecule has 2 heterocycles. The highest BCUT2D eigenvalue weighted by Gasteiger charge is 2.21. The maximum Gasteiger partial charge on any atom is 0.306 e. The number of fused-ring (bicyclic) bond motifs is 2. The number of Topliss-reactive ketones (excluding diaryl/α,β-unsaturated/α-hetero) is 2. The van der Waals surface area contributed by atoms with Crippen LogP contribution in [0.3, 0.4) is 0 Å². The number of carboxylic acid groups (broad SMARTS) is 2. The molecule has 3 N–H and O–H groups in total. The Labute approximate surface area is 262 Å². The molecule has 0 spiro atoms. The number of unbranched alkanes of at least 4 members (excludes halogenated alkanes) is 1. The fraction of sp³-hybridized carbons (Fsp3) is 0.375. The molecular weight excluding hydrogens is 606 g/mol. The van der Waals surface area contributed by atoms with Gasteiger partial charge in [0.05, 0.1) is 48.1 Å². The van der Waals surface area contributed by atoms with Gasteiger partial charge in [-0.25, -0.2) is 0 Å². The number of hydrogen-bond donors (Lipinski definition) is 3. The van der Waals surface area contributed by atoms with Gasteiger partial charge in [0.15, 0.2) is 23.1 Å². The van der Waals surface area contributed by atoms with E-state index in [2.05, 4.69) is 5.32 Å². The number of benzene rings is 2. The lowest BCUT2D eigenvalue weighted by atomic mass is 10.0. The average molecular weight is 642 g/mol. The summed E-state index contributed by atoms with van der Waals surface area (Å²) in [6.45, 7) is 4.13. The molecule has 0 aliphatic carbocycles. The van der Waals surface area contributed by atoms with Crippen molar-refractivity contribution < 1.29 is 43.6 Å². The van der Waals surface area contributed by atoms with E-state index >= 15 is 0 Å². The summed E-state index contributed by atoms with van der Waals surface area (Å²) in [5, 5.41) is 23.3. The largest absolute Gasteiger partial charge is 0.495 e. The first kappa shape index (κ1) is 32.7. The molecule has 0 saturated heterocycles. The van der Waals surface area contributed by atoms with Gasteiger partial charge >= 0.3 is 11.9 Å². The number of nitrogens with one attached hydrogen (secondary N) is 1. The van der Waals surface area contributed by atoms with E-state index in [1.54, 1.807) is 26.4 Å². The number of hydrogen-bond acceptors (Lipinski definition) is 10. The zero-order valence-corrected chi connectivity index (χ0v) is 26.6. The topological polar surface area (TPSA) is 148 Å². The van der Waals surface area contributed by atoms with E-state index in [1.807, 2.05) is 24.3 Å². The van der Waals surface area contributed by atoms with Crippen molar-refractivity contribution >= 4 is 72.0 Å². The van der Waals surface area contributed by atoms with Gasteiger partial charge in [-0.1, -0.05) is 13.8 Å². The molecule has 44 heavy (non-hydrogen) atoms. The number of carbonyl (C=O) groups excluding carboxylic acids is 2. The normalized spacial score (nSPS) is 12.5. The third-order valence-corrected chi connectivity index (χ3v) is 9.44. The SMILES string of the molecule is COc1cc2sc(C(=O)C[C@H](C)C(=O)O)cc2cc1NCCCCOc1cc2cc(C(=O)C[C@H](C)C(=O)O)sc2cc1OC. The Morgan fingerprint density at radius 1 is 0.727 bits per heavy atom. The van der Waals surface area contributed by atoms with Gasteiger partial charge in [-0.15, -0.1) is 22.7 Å². The van der Waals surface area contributed by atoms with Crippen LogP contribution in [0.4, 0.5) is 5.69 Å². The summed E-state index contributed by atoms with van der Waals surface area (Å²) in [5.74, 6) is -2.11. The maximum atomic E-state index is 12.6. The Bertz CT molecular complexity index is 1570. The molecular formula is C32H35NO9S2. The summed E-state index contributed by atoms with van der Waals surface area (Å²) < 4.78 is 18.8. The van der Waals surface area contributed by atoms with Crippen molar-refractivity contribution in [1.82, 2.24) is 0 Å². The Morgan fingerprint density at radius 2 is 1.25 bits per heavy atom. The molecule has 4 aromatic rings. The zero-order valence-electron chi connectivity index (χ0n) is 24.9. The molecule has 0 radical (unpaired) electrons. The molecule has 0 aliphatic heterocycles. The number of ketones is 2. The number of ether oxygens (including phenoxy) is 3. The molecule has 0 saturated carbocycles. The molecule has 4 rings (SSSR count). The molecule has 2 atom stereocenters. The molecule has 2 aromatic carbocycles. The summed E-state index contributed by atoms with van der Waals surface area (Å²) in [4.78, 5) is 48.4. The second-order valence-electron chi connectivity index (χ2n) is 10.6. The van der Waals surface area contributed by atoms with Crippen molar-refractivity contribution in [2.75, 3.05) is 32.7 Å². The van der Waals surface area contributed by atoms with Crippen LogP contribution >= 0.6 is 22.7 Å². The monoisotopic (exact) mass is 641 g/mol. The van der Waals surface area contributed by atoms with Crippen LogP contribution < -0.4 is 19.5 Å². The minimum Gasteiger partial charge on any atom is -0.495 e. The van der Waals surface area contributed by atoms with Gasteiger partial charge in [-0.3, -0.25) is 19.2 Å². The Morgan fingerprint density at radius 3 is 1.77 bits per heavy atom. The number of aliphatic carboxylic acids is 2. The molecule has 0 aliphatic rings. The van der Waals surface area contributed by atoms with Crippen LogP contribution in [-0.4, -0.2) is 61.1 Å². The second kappa shape index (κ2) is 14.5. The van der Waals surface area contributed by atoms with E-state index < -0.39 is 23.8 Å². The fourth-order valence-corrected chi connectivity index (χ4v) is 6.58. The quantitative estimate of drug-likeness (QED) is 0.0813. The molecule has 2 aromatic heterocycles. The van der Waals surface area contributed by atoms with Gasteiger partial charge in [-0.2, -0.15) is 0 Å². The predicted octanol–water partition coefficient (Wildman–Crippen LogP) is 6.99. The van der Waals surface area contributed by atoms with Crippen LogP contribution in [0.15, 0.2) is 36.4 Å². The van der Waals surface area contributed by atoms with E-state index in [0.29, 0.717) is 40.2 Å². The van der Waals surface area contributed by atoms with Crippen LogP contribution in [0, 0.1) is 11.8 Å². The smallest absolute Gasteiger partial charge is 0.306 e. The minimum absolute atomic E-state index is 0.0475. The Kier molecular flexibility index (Phi) is 10.8. The molecule has 0 fully saturated rings. The van der Waals surface area contributed by atoms with E-state index in [-0.39, 0.29) is 24.4 Å². The molecule has 0 unspecified atom stereocenters. The maximum absolute atomic E-state index is 12.6. The van der Waals surface area contributed by atoms with Crippen LogP contribution in [0.25, 0.3) is 20.2 Å². The van der Waals surface area contributed by atoms with Crippen LogP contribution in [-0.2, 0) is 9.59 Å². The van der Waals surface area contributed by atoms with E-state index in [0.717, 1.165) is 38.7 Å². The van der Waals surface area contributed by atoms with Crippen molar-refractivity contribution in [1.29, 1.82) is 0 Å². The van der Waals surface area contributed by atoms with Crippen molar-refractivity contribution in [3.63, 3.8) is 0 Å². The van der Waals surface area contributed by atoms with Crippen molar-refractivity contribution in [2.45, 2.75) is 39.5 Å². The van der Waals surface area contributed by atoms with E-state index in [4.69, 9.17) is 24.4 Å². The summed E-state index contributed by atoms with van der Waals surface area (Å²) in [6.07, 6.45) is 1.44. The van der Waals surface area contributed by atoms with Crippen molar-refractivity contribution in [3.8, 4) is 17.2 Å². The van der Waals surface area contributed by atoms with Gasteiger partial charge in [0.1, 0.15) is 5.75 Å². The Balaban J connectivity index is 1.33. The lowest BCUT2D eigenvalue weighted by molar-refractivity contribution is -0.141. The lowest BCUT2D eigenvalue weighted by Crippen LogP contribution is -2.13. The second-order valence-corrected chi connectivity index (χ2v) is 12.7. The molecule has 12 heteroatoms. The first-order chi connectivity index (χ1) is 21.0. The standard InChI is InChI=1S/C32H35NO9S2/c1-17(31(36)37)9-22(34)29-13-19-11-21(24(40-3)15-27(19)43-29)33-7-5-6-8-42-26-12-20-14-30(23(35)10-18(2)32(38)39)44-28(20)16-25(26)41-4/h11-18,33H,5-10H2,1-4H3,(H,36,37)(H,38,39)/t17-,18-/m0/s1. The number of thiophene rings is 2. The zero-order chi connectivity index (χ0) is 32.0. The number of carboxylic acids is 2. The third-order valence-electron chi connectivity index (χ3n) is 7.16. The summed E-state index contributed by atoms with van der Waals surface area (Å²) in [7, 11) is 3.14. The van der Waals surface area contributed by atoms with E-state index in [9.17, 15) is 19.2 Å². The van der Waals surface area contributed by atoms with Gasteiger partial charge in [0.25, 0.3) is 0 Å². The first-order valence-electron chi connectivity index (χ1n) is 14.1. The van der Waals surface area contributed by atoms with Crippen molar-refractivity contribution in [2.24, 2.45) is 11.8 Å². The van der Waals surface area contributed by atoms with Crippen LogP contribution in [0.2, 0.25) is 0 Å². The highest BCUT2D eigenvalue weighted by atomic mass is 32.1. The van der Waals surface area contributed by atoms with Gasteiger partial charge < -0.3 is 29.7 Å². The lowest BCUT2D eigenvalue weighted by Gasteiger charge is -2.13. The summed E-state index contributed by atoms with van der Waals surface area (Å²) in [6, 6.07) is 11.0. The van der Waals surface area contributed by atoms with Gasteiger partial charge in [-0.05, 0) is 47.9 Å². The van der Waals surface area contributed by atoms with Crippen LogP contribution in [0.5, 0.6) is 17.2 Å². The predicted molar refractivity (Wildman–Crippen MR) is 171 cm³/mol.